The normalized spacial score (nSPS) is 10.9. The zero-order chi connectivity index (χ0) is 13.1. The van der Waals surface area contributed by atoms with Gasteiger partial charge in [0.2, 0.25) is 0 Å². The first-order valence-electron chi connectivity index (χ1n) is 6.44. The third-order valence-electron chi connectivity index (χ3n) is 3.26. The Labute approximate surface area is 107 Å². The number of halogens is 1. The van der Waals surface area contributed by atoms with Gasteiger partial charge in [-0.15, -0.1) is 0 Å². The summed E-state index contributed by atoms with van der Waals surface area (Å²) in [5.41, 5.74) is 4.45. The van der Waals surface area contributed by atoms with E-state index in [-0.39, 0.29) is 5.82 Å². The molecule has 0 N–H and O–H groups in total. The van der Waals surface area contributed by atoms with Crippen LogP contribution in [-0.2, 0) is 19.4 Å². The van der Waals surface area contributed by atoms with Crippen LogP contribution < -0.4 is 0 Å². The molecule has 1 heterocycles. The van der Waals surface area contributed by atoms with Crippen molar-refractivity contribution in [2.75, 3.05) is 0 Å². The maximum absolute atomic E-state index is 13.1. The Bertz CT molecular complexity index is 543. The SMILES string of the molecule is CCc1cc(CC)n(Cc2ccc(F)cc2C)n1. The van der Waals surface area contributed by atoms with Crippen LogP contribution in [0.15, 0.2) is 24.3 Å². The van der Waals surface area contributed by atoms with Gasteiger partial charge in [-0.2, -0.15) is 5.10 Å². The van der Waals surface area contributed by atoms with E-state index in [4.69, 9.17) is 0 Å². The molecule has 0 spiro atoms. The number of rotatable bonds is 4. The standard InChI is InChI=1S/C15H19FN2/c1-4-14-9-15(5-2)18(17-14)10-12-6-7-13(16)8-11(12)3/h6-9H,4-5,10H2,1-3H3. The van der Waals surface area contributed by atoms with E-state index in [1.54, 1.807) is 6.07 Å². The largest absolute Gasteiger partial charge is 0.265 e. The summed E-state index contributed by atoms with van der Waals surface area (Å²) in [6.07, 6.45) is 1.91. The van der Waals surface area contributed by atoms with Crippen molar-refractivity contribution in [3.05, 3.63) is 52.6 Å². The van der Waals surface area contributed by atoms with Gasteiger partial charge in [0.15, 0.2) is 0 Å². The van der Waals surface area contributed by atoms with Crippen molar-refractivity contribution < 1.29 is 4.39 Å². The van der Waals surface area contributed by atoms with Crippen molar-refractivity contribution in [3.8, 4) is 0 Å². The van der Waals surface area contributed by atoms with E-state index in [0.717, 1.165) is 36.2 Å². The average Bonchev–Trinajstić information content (AvgIpc) is 2.75. The first kappa shape index (κ1) is 12.8. The van der Waals surface area contributed by atoms with Gasteiger partial charge in [0, 0.05) is 5.69 Å². The van der Waals surface area contributed by atoms with E-state index in [0.29, 0.717) is 0 Å². The van der Waals surface area contributed by atoms with Crippen molar-refractivity contribution in [1.82, 2.24) is 9.78 Å². The molecule has 0 aliphatic carbocycles. The van der Waals surface area contributed by atoms with Crippen LogP contribution in [0.25, 0.3) is 0 Å². The molecule has 0 fully saturated rings. The van der Waals surface area contributed by atoms with Crippen molar-refractivity contribution in [3.63, 3.8) is 0 Å². The third kappa shape index (κ3) is 2.61. The molecule has 0 radical (unpaired) electrons. The monoisotopic (exact) mass is 246 g/mol. The zero-order valence-corrected chi connectivity index (χ0v) is 11.2. The molecular weight excluding hydrogens is 227 g/mol. The van der Waals surface area contributed by atoms with Crippen LogP contribution in [0.4, 0.5) is 4.39 Å². The topological polar surface area (TPSA) is 17.8 Å². The van der Waals surface area contributed by atoms with Crippen molar-refractivity contribution in [2.45, 2.75) is 40.2 Å². The van der Waals surface area contributed by atoms with E-state index < -0.39 is 0 Å². The molecule has 0 saturated carbocycles. The van der Waals surface area contributed by atoms with Crippen LogP contribution in [0.3, 0.4) is 0 Å². The molecule has 0 aliphatic rings. The van der Waals surface area contributed by atoms with Crippen LogP contribution in [0.1, 0.15) is 36.4 Å². The van der Waals surface area contributed by atoms with Crippen LogP contribution in [0.2, 0.25) is 0 Å². The Morgan fingerprint density at radius 3 is 2.56 bits per heavy atom. The number of hydrogen-bond acceptors (Lipinski definition) is 1. The van der Waals surface area contributed by atoms with Crippen LogP contribution in [0.5, 0.6) is 0 Å². The molecule has 1 aromatic heterocycles. The number of nitrogens with zero attached hydrogens (tertiary/aromatic N) is 2. The lowest BCUT2D eigenvalue weighted by molar-refractivity contribution is 0.616. The van der Waals surface area contributed by atoms with Gasteiger partial charge in [-0.3, -0.25) is 4.68 Å². The molecule has 0 saturated heterocycles. The molecule has 18 heavy (non-hydrogen) atoms. The average molecular weight is 246 g/mol. The van der Waals surface area contributed by atoms with Crippen LogP contribution >= 0.6 is 0 Å². The van der Waals surface area contributed by atoms with E-state index in [1.165, 1.54) is 11.8 Å². The molecule has 96 valence electrons. The minimum absolute atomic E-state index is 0.179. The summed E-state index contributed by atoms with van der Waals surface area (Å²) in [4.78, 5) is 0. The highest BCUT2D eigenvalue weighted by Crippen LogP contribution is 2.14. The van der Waals surface area contributed by atoms with Crippen molar-refractivity contribution in [1.29, 1.82) is 0 Å². The summed E-state index contributed by atoms with van der Waals surface area (Å²) in [7, 11) is 0. The molecule has 0 unspecified atom stereocenters. The van der Waals surface area contributed by atoms with Gasteiger partial charge < -0.3 is 0 Å². The Balaban J connectivity index is 2.30. The fraction of sp³-hybridized carbons (Fsp3) is 0.400. The second-order valence-corrected chi connectivity index (χ2v) is 4.56. The van der Waals surface area contributed by atoms with Gasteiger partial charge in [-0.05, 0) is 49.1 Å². The zero-order valence-electron chi connectivity index (χ0n) is 11.2. The molecule has 0 bridgehead atoms. The van der Waals surface area contributed by atoms with Gasteiger partial charge in [-0.25, -0.2) is 4.39 Å². The third-order valence-corrected chi connectivity index (χ3v) is 3.26. The highest BCUT2D eigenvalue weighted by atomic mass is 19.1. The summed E-state index contributed by atoms with van der Waals surface area (Å²) in [5.74, 6) is -0.179. The lowest BCUT2D eigenvalue weighted by Gasteiger charge is -2.09. The lowest BCUT2D eigenvalue weighted by Crippen LogP contribution is -2.07. The van der Waals surface area contributed by atoms with Crippen LogP contribution in [0, 0.1) is 12.7 Å². The molecule has 2 rings (SSSR count). The highest BCUT2D eigenvalue weighted by Gasteiger charge is 2.07. The van der Waals surface area contributed by atoms with E-state index in [2.05, 4.69) is 25.0 Å². The minimum atomic E-state index is -0.179. The van der Waals surface area contributed by atoms with E-state index in [9.17, 15) is 4.39 Å². The second-order valence-electron chi connectivity index (χ2n) is 4.56. The van der Waals surface area contributed by atoms with Crippen molar-refractivity contribution >= 4 is 0 Å². The first-order chi connectivity index (χ1) is 8.63. The number of aromatic nitrogens is 2. The Morgan fingerprint density at radius 1 is 1.17 bits per heavy atom. The fourth-order valence-electron chi connectivity index (χ4n) is 2.11. The number of aryl methyl sites for hydroxylation is 3. The molecule has 0 atom stereocenters. The molecular formula is C15H19FN2. The molecule has 3 heteroatoms. The summed E-state index contributed by atoms with van der Waals surface area (Å²) < 4.78 is 15.1. The maximum atomic E-state index is 13.1. The number of benzene rings is 1. The molecule has 0 aliphatic heterocycles. The Kier molecular flexibility index (Phi) is 3.80. The Hall–Kier alpha value is -1.64. The van der Waals surface area contributed by atoms with Gasteiger partial charge in [-0.1, -0.05) is 19.9 Å². The summed E-state index contributed by atoms with van der Waals surface area (Å²) >= 11 is 0. The quantitative estimate of drug-likeness (QED) is 0.807. The van der Waals surface area contributed by atoms with Gasteiger partial charge in [0.05, 0.1) is 12.2 Å². The van der Waals surface area contributed by atoms with E-state index in [1.807, 2.05) is 17.7 Å². The van der Waals surface area contributed by atoms with Gasteiger partial charge >= 0.3 is 0 Å². The highest BCUT2D eigenvalue weighted by molar-refractivity contribution is 5.27. The molecule has 2 aromatic rings. The smallest absolute Gasteiger partial charge is 0.123 e. The predicted octanol–water partition coefficient (Wildman–Crippen LogP) is 3.50. The van der Waals surface area contributed by atoms with Crippen LogP contribution in [-0.4, -0.2) is 9.78 Å². The minimum Gasteiger partial charge on any atom is -0.265 e. The summed E-state index contributed by atoms with van der Waals surface area (Å²) in [6.45, 7) is 6.89. The van der Waals surface area contributed by atoms with E-state index >= 15 is 0 Å². The Morgan fingerprint density at radius 2 is 1.94 bits per heavy atom. The maximum Gasteiger partial charge on any atom is 0.123 e. The molecule has 2 nitrogen and oxygen atoms in total. The lowest BCUT2D eigenvalue weighted by atomic mass is 10.1. The number of hydrogen-bond donors (Lipinski definition) is 0. The summed E-state index contributed by atoms with van der Waals surface area (Å²) in [5, 5.41) is 4.58. The van der Waals surface area contributed by atoms with Gasteiger partial charge in [0.25, 0.3) is 0 Å². The molecule has 1 aromatic carbocycles. The first-order valence-corrected chi connectivity index (χ1v) is 6.44. The molecule has 0 amide bonds. The predicted molar refractivity (Wildman–Crippen MR) is 71.2 cm³/mol. The fourth-order valence-corrected chi connectivity index (χ4v) is 2.11. The van der Waals surface area contributed by atoms with Crippen molar-refractivity contribution in [2.24, 2.45) is 0 Å². The van der Waals surface area contributed by atoms with Gasteiger partial charge in [0.1, 0.15) is 5.82 Å². The summed E-state index contributed by atoms with van der Waals surface area (Å²) in [6, 6.07) is 7.08. The second kappa shape index (κ2) is 5.34.